The van der Waals surface area contributed by atoms with Gasteiger partial charge in [0.2, 0.25) is 10.0 Å². The first-order chi connectivity index (χ1) is 8.42. The van der Waals surface area contributed by atoms with E-state index in [1.165, 1.54) is 6.20 Å². The molecule has 0 atom stereocenters. The van der Waals surface area contributed by atoms with Crippen molar-refractivity contribution in [3.05, 3.63) is 29.3 Å². The molecule has 2 aromatic rings. The Kier molecular flexibility index (Phi) is 3.22. The molecule has 98 valence electrons. The van der Waals surface area contributed by atoms with Gasteiger partial charge in [-0.15, -0.1) is 0 Å². The first kappa shape index (κ1) is 12.8. The van der Waals surface area contributed by atoms with E-state index in [2.05, 4.69) is 20.0 Å². The van der Waals surface area contributed by atoms with Crippen molar-refractivity contribution in [2.45, 2.75) is 25.3 Å². The summed E-state index contributed by atoms with van der Waals surface area (Å²) in [7, 11) is -1.72. The lowest BCUT2D eigenvalue weighted by molar-refractivity contribution is 0.580. The van der Waals surface area contributed by atoms with E-state index < -0.39 is 10.0 Å². The summed E-state index contributed by atoms with van der Waals surface area (Å²) in [5.41, 5.74) is 2.30. The minimum atomic E-state index is -3.53. The van der Waals surface area contributed by atoms with Gasteiger partial charge in [-0.3, -0.25) is 9.78 Å². The smallest absolute Gasteiger partial charge is 0.244 e. The van der Waals surface area contributed by atoms with Crippen molar-refractivity contribution in [1.82, 2.24) is 24.7 Å². The number of nitrogens with one attached hydrogen (secondary N) is 2. The average Bonchev–Trinajstić information content (AvgIpc) is 2.86. The van der Waals surface area contributed by atoms with Gasteiger partial charge in [0.15, 0.2) is 0 Å². The molecule has 0 saturated heterocycles. The Balaban J connectivity index is 2.16. The van der Waals surface area contributed by atoms with Crippen LogP contribution >= 0.6 is 0 Å². The maximum atomic E-state index is 12.0. The van der Waals surface area contributed by atoms with Gasteiger partial charge in [-0.2, -0.15) is 10.2 Å². The molecule has 2 N–H and O–H groups in total. The highest BCUT2D eigenvalue weighted by atomic mass is 32.2. The number of hydrogen-bond acceptors (Lipinski definition) is 4. The first-order valence-electron chi connectivity index (χ1n) is 5.39. The van der Waals surface area contributed by atoms with Gasteiger partial charge in [-0.05, 0) is 13.8 Å². The molecular formula is C10H15N5O2S. The molecule has 0 spiro atoms. The third-order valence-electron chi connectivity index (χ3n) is 2.86. The van der Waals surface area contributed by atoms with E-state index >= 15 is 0 Å². The van der Waals surface area contributed by atoms with Crippen LogP contribution in [0.3, 0.4) is 0 Å². The van der Waals surface area contributed by atoms with E-state index in [-0.39, 0.29) is 11.4 Å². The molecule has 0 aromatic carbocycles. The number of hydrogen-bond donors (Lipinski definition) is 2. The van der Waals surface area contributed by atoms with E-state index in [4.69, 9.17) is 0 Å². The van der Waals surface area contributed by atoms with Crippen molar-refractivity contribution >= 4 is 10.0 Å². The van der Waals surface area contributed by atoms with Crippen LogP contribution in [0.2, 0.25) is 0 Å². The minimum Gasteiger partial charge on any atom is -0.281 e. The lowest BCUT2D eigenvalue weighted by atomic mass is 10.3. The van der Waals surface area contributed by atoms with Crippen molar-refractivity contribution in [3.8, 4) is 0 Å². The molecule has 2 heterocycles. The average molecular weight is 269 g/mol. The van der Waals surface area contributed by atoms with Gasteiger partial charge in [0, 0.05) is 24.8 Å². The summed E-state index contributed by atoms with van der Waals surface area (Å²) in [4.78, 5) is 0.170. The molecule has 0 aliphatic rings. The van der Waals surface area contributed by atoms with Gasteiger partial charge in [0.05, 0.1) is 18.1 Å². The molecule has 0 fully saturated rings. The Bertz CT molecular complexity index is 656. The summed E-state index contributed by atoms with van der Waals surface area (Å²) < 4.78 is 28.2. The summed E-state index contributed by atoms with van der Waals surface area (Å²) in [5.74, 6) is 0. The number of sulfonamides is 1. The zero-order valence-electron chi connectivity index (χ0n) is 10.4. The molecule has 2 rings (SSSR count). The highest BCUT2D eigenvalue weighted by molar-refractivity contribution is 7.89. The van der Waals surface area contributed by atoms with Gasteiger partial charge in [0.25, 0.3) is 0 Å². The summed E-state index contributed by atoms with van der Waals surface area (Å²) in [6.45, 7) is 3.77. The van der Waals surface area contributed by atoms with Crippen LogP contribution in [0.25, 0.3) is 0 Å². The van der Waals surface area contributed by atoms with E-state index in [1.54, 1.807) is 17.8 Å². The number of aryl methyl sites for hydroxylation is 2. The Morgan fingerprint density at radius 3 is 2.61 bits per heavy atom. The molecule has 8 heteroatoms. The van der Waals surface area contributed by atoms with Crippen molar-refractivity contribution in [2.75, 3.05) is 0 Å². The van der Waals surface area contributed by atoms with E-state index in [0.29, 0.717) is 5.69 Å². The Morgan fingerprint density at radius 1 is 1.39 bits per heavy atom. The molecule has 7 nitrogen and oxygen atoms in total. The number of aromatic nitrogens is 4. The number of H-pyrrole nitrogens is 1. The fraction of sp³-hybridized carbons (Fsp3) is 0.400. The van der Waals surface area contributed by atoms with E-state index in [0.717, 1.165) is 11.3 Å². The summed E-state index contributed by atoms with van der Waals surface area (Å²) in [5, 5.41) is 10.4. The standard InChI is InChI=1S/C10H15N5O2S/c1-7-10(6-11-14-7)18(16,17)13-5-9-4-12-15(3)8(9)2/h4,6,13H,5H2,1-3H3,(H,11,14). The predicted octanol–water partition coefficient (Wildman–Crippen LogP) is 0.239. The normalized spacial score (nSPS) is 11.9. The van der Waals surface area contributed by atoms with Crippen LogP contribution in [0.1, 0.15) is 17.0 Å². The molecule has 0 unspecified atom stereocenters. The van der Waals surface area contributed by atoms with Gasteiger partial charge < -0.3 is 0 Å². The summed E-state index contributed by atoms with van der Waals surface area (Å²) >= 11 is 0. The molecular weight excluding hydrogens is 254 g/mol. The third-order valence-corrected chi connectivity index (χ3v) is 4.38. The molecule has 0 aliphatic carbocycles. The fourth-order valence-corrected chi connectivity index (χ4v) is 2.72. The predicted molar refractivity (Wildman–Crippen MR) is 65.3 cm³/mol. The van der Waals surface area contributed by atoms with Crippen LogP contribution in [0.4, 0.5) is 0 Å². The number of aromatic amines is 1. The Hall–Kier alpha value is -1.67. The first-order valence-corrected chi connectivity index (χ1v) is 6.87. The zero-order chi connectivity index (χ0) is 13.3. The highest BCUT2D eigenvalue weighted by Crippen LogP contribution is 2.12. The second-order valence-corrected chi connectivity index (χ2v) is 5.80. The summed E-state index contributed by atoms with van der Waals surface area (Å²) in [6, 6.07) is 0. The topological polar surface area (TPSA) is 92.7 Å². The molecule has 18 heavy (non-hydrogen) atoms. The monoisotopic (exact) mass is 269 g/mol. The lowest BCUT2D eigenvalue weighted by Crippen LogP contribution is -2.23. The largest absolute Gasteiger partial charge is 0.281 e. The van der Waals surface area contributed by atoms with Crippen molar-refractivity contribution in [1.29, 1.82) is 0 Å². The molecule has 0 saturated carbocycles. The van der Waals surface area contributed by atoms with Crippen molar-refractivity contribution in [2.24, 2.45) is 7.05 Å². The van der Waals surface area contributed by atoms with Crippen LogP contribution < -0.4 is 4.72 Å². The van der Waals surface area contributed by atoms with E-state index in [9.17, 15) is 8.42 Å². The van der Waals surface area contributed by atoms with Crippen LogP contribution in [-0.2, 0) is 23.6 Å². The zero-order valence-corrected chi connectivity index (χ0v) is 11.2. The van der Waals surface area contributed by atoms with Gasteiger partial charge in [-0.25, -0.2) is 13.1 Å². The third kappa shape index (κ3) is 2.29. The van der Waals surface area contributed by atoms with Crippen molar-refractivity contribution < 1.29 is 8.42 Å². The Labute approximate surface area is 105 Å². The van der Waals surface area contributed by atoms with Gasteiger partial charge in [-0.1, -0.05) is 0 Å². The number of nitrogens with zero attached hydrogens (tertiary/aromatic N) is 3. The SMILES string of the molecule is Cc1[nH]ncc1S(=O)(=O)NCc1cnn(C)c1C. The Morgan fingerprint density at radius 2 is 2.11 bits per heavy atom. The summed E-state index contributed by atoms with van der Waals surface area (Å²) in [6.07, 6.45) is 2.95. The quantitative estimate of drug-likeness (QED) is 0.831. The number of rotatable bonds is 4. The maximum Gasteiger partial charge on any atom is 0.244 e. The van der Waals surface area contributed by atoms with Gasteiger partial charge >= 0.3 is 0 Å². The van der Waals surface area contributed by atoms with E-state index in [1.807, 2.05) is 14.0 Å². The minimum absolute atomic E-state index is 0.170. The van der Waals surface area contributed by atoms with Crippen LogP contribution in [-0.4, -0.2) is 28.4 Å². The molecule has 0 aliphatic heterocycles. The second-order valence-electron chi connectivity index (χ2n) is 4.06. The molecule has 0 bridgehead atoms. The maximum absolute atomic E-state index is 12.0. The molecule has 0 amide bonds. The van der Waals surface area contributed by atoms with Crippen LogP contribution in [0, 0.1) is 13.8 Å². The van der Waals surface area contributed by atoms with Gasteiger partial charge in [0.1, 0.15) is 4.90 Å². The van der Waals surface area contributed by atoms with Crippen molar-refractivity contribution in [3.63, 3.8) is 0 Å². The second kappa shape index (κ2) is 4.54. The molecule has 0 radical (unpaired) electrons. The highest BCUT2D eigenvalue weighted by Gasteiger charge is 2.18. The van der Waals surface area contributed by atoms with Crippen LogP contribution in [0.5, 0.6) is 0 Å². The lowest BCUT2D eigenvalue weighted by Gasteiger charge is -2.05. The molecule has 2 aromatic heterocycles. The van der Waals surface area contributed by atoms with Crippen LogP contribution in [0.15, 0.2) is 17.3 Å². The fourth-order valence-electron chi connectivity index (χ4n) is 1.58.